The molecule has 0 aliphatic heterocycles. The molecule has 3 rings (SSSR count). The van der Waals surface area contributed by atoms with E-state index in [-0.39, 0.29) is 0 Å². The van der Waals surface area contributed by atoms with Crippen molar-refractivity contribution in [3.63, 3.8) is 0 Å². The van der Waals surface area contributed by atoms with Crippen LogP contribution < -0.4 is 0 Å². The third-order valence-electron chi connectivity index (χ3n) is 4.80. The summed E-state index contributed by atoms with van der Waals surface area (Å²) < 4.78 is 0. The Balaban J connectivity index is 1.45. The van der Waals surface area contributed by atoms with Crippen LogP contribution in [-0.4, -0.2) is 0 Å². The van der Waals surface area contributed by atoms with E-state index in [1.54, 1.807) is 32.1 Å². The van der Waals surface area contributed by atoms with E-state index in [1.807, 2.05) is 0 Å². The van der Waals surface area contributed by atoms with Crippen LogP contribution in [0.15, 0.2) is 0 Å². The van der Waals surface area contributed by atoms with E-state index in [9.17, 15) is 0 Å². The minimum absolute atomic E-state index is 1.09. The molecule has 3 aliphatic rings. The molecule has 0 nitrogen and oxygen atoms in total. The summed E-state index contributed by atoms with van der Waals surface area (Å²) in [4.78, 5) is 0. The second-order valence-corrected chi connectivity index (χ2v) is 5.56. The summed E-state index contributed by atoms with van der Waals surface area (Å²) in [5.41, 5.74) is 0. The van der Waals surface area contributed by atoms with E-state index in [2.05, 4.69) is 6.92 Å². The predicted molar refractivity (Wildman–Crippen MR) is 50.8 cm³/mol. The van der Waals surface area contributed by atoms with E-state index in [0.29, 0.717) is 0 Å². The SMILES string of the molecule is CC1CC1C1CC(C2CCC2)C1. The molecule has 3 saturated carbocycles. The summed E-state index contributed by atoms with van der Waals surface area (Å²) in [5.74, 6) is 5.79. The molecule has 0 heterocycles. The normalized spacial score (nSPS) is 52.8. The molecule has 0 heteroatoms. The van der Waals surface area contributed by atoms with Crippen molar-refractivity contribution in [1.29, 1.82) is 0 Å². The Hall–Kier alpha value is 0. The Kier molecular flexibility index (Phi) is 1.54. The highest BCUT2D eigenvalue weighted by atomic mass is 14.5. The van der Waals surface area contributed by atoms with Crippen molar-refractivity contribution in [2.24, 2.45) is 29.6 Å². The van der Waals surface area contributed by atoms with Gasteiger partial charge in [-0.05, 0) is 48.9 Å². The second-order valence-electron chi connectivity index (χ2n) is 5.56. The fourth-order valence-corrected chi connectivity index (χ4v) is 3.36. The highest BCUT2D eigenvalue weighted by Crippen LogP contribution is 2.57. The zero-order valence-electron chi connectivity index (χ0n) is 8.13. The van der Waals surface area contributed by atoms with Crippen LogP contribution in [0.3, 0.4) is 0 Å². The number of rotatable bonds is 2. The molecule has 0 N–H and O–H groups in total. The Morgan fingerprint density at radius 2 is 1.50 bits per heavy atom. The van der Waals surface area contributed by atoms with Gasteiger partial charge in [-0.25, -0.2) is 0 Å². The van der Waals surface area contributed by atoms with Crippen molar-refractivity contribution >= 4 is 0 Å². The average Bonchev–Trinajstić information content (AvgIpc) is 2.51. The monoisotopic (exact) mass is 164 g/mol. The van der Waals surface area contributed by atoms with Crippen LogP contribution in [-0.2, 0) is 0 Å². The third kappa shape index (κ3) is 1.03. The lowest BCUT2D eigenvalue weighted by molar-refractivity contribution is 0.0601. The minimum atomic E-state index is 1.09. The molecule has 0 bridgehead atoms. The summed E-state index contributed by atoms with van der Waals surface area (Å²) in [6, 6.07) is 0. The van der Waals surface area contributed by atoms with Gasteiger partial charge in [-0.2, -0.15) is 0 Å². The van der Waals surface area contributed by atoms with Crippen LogP contribution >= 0.6 is 0 Å². The Morgan fingerprint density at radius 1 is 0.833 bits per heavy atom. The van der Waals surface area contributed by atoms with E-state index in [4.69, 9.17) is 0 Å². The molecule has 0 aromatic heterocycles. The summed E-state index contributed by atoms with van der Waals surface area (Å²) in [5, 5.41) is 0. The second kappa shape index (κ2) is 2.49. The van der Waals surface area contributed by atoms with Crippen molar-refractivity contribution in [3.8, 4) is 0 Å². The molecule has 0 aromatic rings. The van der Waals surface area contributed by atoms with E-state index < -0.39 is 0 Å². The van der Waals surface area contributed by atoms with Crippen molar-refractivity contribution < 1.29 is 0 Å². The largest absolute Gasteiger partial charge is 0.0622 e. The summed E-state index contributed by atoms with van der Waals surface area (Å²) in [7, 11) is 0. The molecule has 0 saturated heterocycles. The highest BCUT2D eigenvalue weighted by molar-refractivity contribution is 4.97. The molecule has 0 radical (unpaired) electrons. The quantitative estimate of drug-likeness (QED) is 0.586. The zero-order valence-corrected chi connectivity index (χ0v) is 8.13. The average molecular weight is 164 g/mol. The molecule has 0 aromatic carbocycles. The molecule has 0 spiro atoms. The number of hydrogen-bond donors (Lipinski definition) is 0. The Bertz CT molecular complexity index is 166. The van der Waals surface area contributed by atoms with Gasteiger partial charge in [0.1, 0.15) is 0 Å². The molecule has 3 fully saturated rings. The molecule has 68 valence electrons. The molecule has 2 unspecified atom stereocenters. The lowest BCUT2D eigenvalue weighted by Crippen LogP contribution is -2.34. The van der Waals surface area contributed by atoms with E-state index in [1.165, 1.54) is 30.1 Å². The van der Waals surface area contributed by atoms with Gasteiger partial charge in [0.25, 0.3) is 0 Å². The molecular formula is C12H20. The first kappa shape index (κ1) is 7.41. The van der Waals surface area contributed by atoms with Gasteiger partial charge in [0, 0.05) is 0 Å². The predicted octanol–water partition coefficient (Wildman–Crippen LogP) is 3.47. The molecule has 2 atom stereocenters. The van der Waals surface area contributed by atoms with Gasteiger partial charge in [-0.3, -0.25) is 0 Å². The Labute approximate surface area is 75.7 Å². The van der Waals surface area contributed by atoms with Crippen LogP contribution in [0.2, 0.25) is 0 Å². The first-order valence-corrected chi connectivity index (χ1v) is 5.84. The first-order valence-electron chi connectivity index (χ1n) is 5.84. The first-order chi connectivity index (χ1) is 5.84. The number of hydrogen-bond acceptors (Lipinski definition) is 0. The van der Waals surface area contributed by atoms with E-state index in [0.717, 1.165) is 5.92 Å². The molecule has 3 aliphatic carbocycles. The van der Waals surface area contributed by atoms with Crippen molar-refractivity contribution in [3.05, 3.63) is 0 Å². The maximum atomic E-state index is 2.43. The summed E-state index contributed by atoms with van der Waals surface area (Å²) >= 11 is 0. The Morgan fingerprint density at radius 3 is 1.92 bits per heavy atom. The lowest BCUT2D eigenvalue weighted by Gasteiger charge is -2.44. The van der Waals surface area contributed by atoms with Crippen LogP contribution in [0.1, 0.15) is 45.4 Å². The standard InChI is InChI=1S/C12H20/c1-8-5-12(8)11-6-10(7-11)9-3-2-4-9/h8-12H,2-7H2,1H3. The fraction of sp³-hybridized carbons (Fsp3) is 1.00. The fourth-order valence-electron chi connectivity index (χ4n) is 3.36. The topological polar surface area (TPSA) is 0 Å². The third-order valence-corrected chi connectivity index (χ3v) is 4.80. The van der Waals surface area contributed by atoms with E-state index >= 15 is 0 Å². The van der Waals surface area contributed by atoms with Gasteiger partial charge < -0.3 is 0 Å². The summed E-state index contributed by atoms with van der Waals surface area (Å²) in [6.45, 7) is 2.43. The van der Waals surface area contributed by atoms with Crippen LogP contribution in [0.5, 0.6) is 0 Å². The minimum Gasteiger partial charge on any atom is -0.0622 e. The molecule has 12 heavy (non-hydrogen) atoms. The van der Waals surface area contributed by atoms with Gasteiger partial charge in [0.2, 0.25) is 0 Å². The maximum absolute atomic E-state index is 2.43. The highest BCUT2D eigenvalue weighted by Gasteiger charge is 2.47. The molecular weight excluding hydrogens is 144 g/mol. The van der Waals surface area contributed by atoms with Crippen molar-refractivity contribution in [2.75, 3.05) is 0 Å². The maximum Gasteiger partial charge on any atom is -0.0357 e. The van der Waals surface area contributed by atoms with Crippen molar-refractivity contribution in [1.82, 2.24) is 0 Å². The van der Waals surface area contributed by atoms with Gasteiger partial charge in [-0.15, -0.1) is 0 Å². The van der Waals surface area contributed by atoms with Gasteiger partial charge in [-0.1, -0.05) is 26.2 Å². The van der Waals surface area contributed by atoms with Gasteiger partial charge in [0.05, 0.1) is 0 Å². The zero-order chi connectivity index (χ0) is 8.13. The van der Waals surface area contributed by atoms with Crippen LogP contribution in [0.4, 0.5) is 0 Å². The van der Waals surface area contributed by atoms with Gasteiger partial charge in [0.15, 0.2) is 0 Å². The lowest BCUT2D eigenvalue weighted by atomic mass is 9.61. The summed E-state index contributed by atoms with van der Waals surface area (Å²) in [6.07, 6.45) is 9.45. The van der Waals surface area contributed by atoms with Gasteiger partial charge >= 0.3 is 0 Å². The van der Waals surface area contributed by atoms with Crippen LogP contribution in [0.25, 0.3) is 0 Å². The smallest absolute Gasteiger partial charge is 0.0357 e. The van der Waals surface area contributed by atoms with Crippen molar-refractivity contribution in [2.45, 2.75) is 45.4 Å². The molecule has 0 amide bonds. The van der Waals surface area contributed by atoms with Crippen LogP contribution in [0, 0.1) is 29.6 Å².